The molecule has 5 heteroatoms. The fraction of sp³-hybridized carbons (Fsp3) is 0.385. The summed E-state index contributed by atoms with van der Waals surface area (Å²) in [4.78, 5) is 7.12. The summed E-state index contributed by atoms with van der Waals surface area (Å²) in [6.45, 7) is 9.75. The predicted molar refractivity (Wildman–Crippen MR) is 124 cm³/mol. The van der Waals surface area contributed by atoms with Crippen LogP contribution in [0.2, 0.25) is 0 Å². The zero-order chi connectivity index (χ0) is 22.3. The second-order valence-electron chi connectivity index (χ2n) is 9.09. The molecule has 0 aliphatic heterocycles. The van der Waals surface area contributed by atoms with Crippen LogP contribution in [0.4, 0.5) is 4.39 Å². The Kier molecular flexibility index (Phi) is 5.67. The zero-order valence-corrected chi connectivity index (χ0v) is 19.2. The Morgan fingerprint density at radius 1 is 0.871 bits per heavy atom. The molecule has 0 aliphatic rings. The Hall–Kier alpha value is -2.63. The van der Waals surface area contributed by atoms with Gasteiger partial charge in [0.15, 0.2) is 0 Å². The van der Waals surface area contributed by atoms with Crippen LogP contribution in [0.3, 0.4) is 0 Å². The third kappa shape index (κ3) is 3.66. The van der Waals surface area contributed by atoms with Crippen molar-refractivity contribution in [2.24, 2.45) is 0 Å². The van der Waals surface area contributed by atoms with Gasteiger partial charge in [-0.25, -0.2) is 4.39 Å². The van der Waals surface area contributed by atoms with E-state index in [1.165, 1.54) is 28.3 Å². The van der Waals surface area contributed by atoms with Gasteiger partial charge in [0.05, 0.1) is 13.2 Å². The van der Waals surface area contributed by atoms with E-state index in [1.54, 1.807) is 26.4 Å². The predicted octanol–water partition coefficient (Wildman–Crippen LogP) is 6.53. The highest BCUT2D eigenvalue weighted by atomic mass is 19.1. The lowest BCUT2D eigenvalue weighted by atomic mass is 9.79. The number of fused-ring (bicyclic) bond motifs is 2. The van der Waals surface area contributed by atoms with Crippen molar-refractivity contribution in [1.29, 1.82) is 0 Å². The molecule has 0 unspecified atom stereocenters. The van der Waals surface area contributed by atoms with Crippen molar-refractivity contribution >= 4 is 21.8 Å². The topological polar surface area (TPSA) is 50.0 Å². The maximum atomic E-state index is 14.0. The monoisotopic (exact) mass is 422 g/mol. The summed E-state index contributed by atoms with van der Waals surface area (Å²) in [6, 6.07) is 11.4. The first-order valence-corrected chi connectivity index (χ1v) is 10.7. The fourth-order valence-corrected chi connectivity index (χ4v) is 4.64. The molecule has 0 fully saturated rings. The van der Waals surface area contributed by atoms with Gasteiger partial charge < -0.3 is 19.4 Å². The van der Waals surface area contributed by atoms with E-state index in [-0.39, 0.29) is 11.2 Å². The lowest BCUT2D eigenvalue weighted by molar-refractivity contribution is 0.184. The van der Waals surface area contributed by atoms with E-state index < -0.39 is 0 Å². The highest BCUT2D eigenvalue weighted by Gasteiger charge is 2.30. The van der Waals surface area contributed by atoms with Gasteiger partial charge in [-0.3, -0.25) is 0 Å². The van der Waals surface area contributed by atoms with Crippen LogP contribution in [0.5, 0.6) is 0 Å². The van der Waals surface area contributed by atoms with Crippen molar-refractivity contribution < 1.29 is 13.9 Å². The molecule has 2 aromatic heterocycles. The summed E-state index contributed by atoms with van der Waals surface area (Å²) in [6.07, 6.45) is 0. The van der Waals surface area contributed by atoms with E-state index in [4.69, 9.17) is 9.47 Å². The summed E-state index contributed by atoms with van der Waals surface area (Å²) in [7, 11) is 3.41. The van der Waals surface area contributed by atoms with Gasteiger partial charge in [-0.15, -0.1) is 0 Å². The summed E-state index contributed by atoms with van der Waals surface area (Å²) >= 11 is 0. The van der Waals surface area contributed by atoms with Gasteiger partial charge in [0.2, 0.25) is 0 Å². The number of H-pyrrole nitrogens is 2. The average molecular weight is 423 g/mol. The first-order valence-electron chi connectivity index (χ1n) is 10.7. The van der Waals surface area contributed by atoms with E-state index in [1.807, 2.05) is 0 Å². The van der Waals surface area contributed by atoms with Crippen molar-refractivity contribution in [2.75, 3.05) is 14.2 Å². The summed E-state index contributed by atoms with van der Waals surface area (Å²) < 4.78 is 25.0. The third-order valence-corrected chi connectivity index (χ3v) is 6.31. The molecule has 4 nitrogen and oxygen atoms in total. The number of methoxy groups -OCH3 is 2. The van der Waals surface area contributed by atoms with Crippen LogP contribution in [-0.4, -0.2) is 24.2 Å². The van der Waals surface area contributed by atoms with E-state index in [9.17, 15) is 4.39 Å². The van der Waals surface area contributed by atoms with Gasteiger partial charge in [-0.1, -0.05) is 33.8 Å². The molecule has 2 heterocycles. The number of hydrogen-bond donors (Lipinski definition) is 2. The van der Waals surface area contributed by atoms with Crippen molar-refractivity contribution in [3.63, 3.8) is 0 Å². The number of hydrogen-bond acceptors (Lipinski definition) is 2. The first kappa shape index (κ1) is 21.6. The lowest BCUT2D eigenvalue weighted by Crippen LogP contribution is -2.21. The molecule has 0 radical (unpaired) electrons. The van der Waals surface area contributed by atoms with Crippen molar-refractivity contribution in [3.05, 3.63) is 70.3 Å². The number of ether oxygens (including phenoxy) is 2. The molecule has 0 spiro atoms. The minimum absolute atomic E-state index is 0.243. The Bertz CT molecular complexity index is 1230. The minimum Gasteiger partial charge on any atom is -0.380 e. The lowest BCUT2D eigenvalue weighted by Gasteiger charge is -2.26. The van der Waals surface area contributed by atoms with Gasteiger partial charge in [-0.05, 0) is 41.8 Å². The van der Waals surface area contributed by atoms with Crippen LogP contribution in [0, 0.1) is 5.82 Å². The van der Waals surface area contributed by atoms with E-state index in [0.717, 1.165) is 27.7 Å². The number of aromatic amines is 2. The standard InChI is InChI=1S/C26H31FN2O2/c1-15(2)24-20(13-30-5)18-11-16(7-9-22(18)28-24)26(3,4)25-21(14-31-6)19-12-17(27)8-10-23(19)29-25/h7-12,15,28-29H,13-14H2,1-6H3. The quantitative estimate of drug-likeness (QED) is 0.356. The molecule has 164 valence electrons. The molecule has 0 atom stereocenters. The maximum absolute atomic E-state index is 14.0. The Balaban J connectivity index is 1.91. The summed E-state index contributed by atoms with van der Waals surface area (Å²) in [5.41, 5.74) is 7.34. The van der Waals surface area contributed by atoms with Crippen LogP contribution in [0.1, 0.15) is 61.7 Å². The molecule has 4 aromatic rings. The normalized spacial score (nSPS) is 12.5. The second-order valence-corrected chi connectivity index (χ2v) is 9.09. The molecule has 0 saturated heterocycles. The van der Waals surface area contributed by atoms with Crippen molar-refractivity contribution in [3.8, 4) is 0 Å². The van der Waals surface area contributed by atoms with E-state index >= 15 is 0 Å². The third-order valence-electron chi connectivity index (χ3n) is 6.31. The van der Waals surface area contributed by atoms with Crippen LogP contribution < -0.4 is 0 Å². The van der Waals surface area contributed by atoms with Gasteiger partial charge in [-0.2, -0.15) is 0 Å². The first-order chi connectivity index (χ1) is 14.8. The van der Waals surface area contributed by atoms with Gasteiger partial charge in [0.25, 0.3) is 0 Å². The van der Waals surface area contributed by atoms with Crippen LogP contribution in [0.25, 0.3) is 21.8 Å². The molecule has 31 heavy (non-hydrogen) atoms. The zero-order valence-electron chi connectivity index (χ0n) is 19.2. The SMILES string of the molecule is COCc1c(C(C)C)[nH]c2ccc(C(C)(C)c3[nH]c4ccc(F)cc4c3COC)cc12. The summed E-state index contributed by atoms with van der Waals surface area (Å²) in [5, 5.41) is 2.06. The number of nitrogens with one attached hydrogen (secondary N) is 2. The Morgan fingerprint density at radius 3 is 2.16 bits per heavy atom. The maximum Gasteiger partial charge on any atom is 0.123 e. The molecule has 2 aromatic carbocycles. The van der Waals surface area contributed by atoms with Gasteiger partial charge in [0.1, 0.15) is 5.82 Å². The smallest absolute Gasteiger partial charge is 0.123 e. The van der Waals surface area contributed by atoms with Gasteiger partial charge in [0, 0.05) is 64.0 Å². The molecule has 0 amide bonds. The highest BCUT2D eigenvalue weighted by Crippen LogP contribution is 2.39. The fourth-order valence-electron chi connectivity index (χ4n) is 4.64. The number of halogens is 1. The molecular formula is C26H31FN2O2. The van der Waals surface area contributed by atoms with Crippen molar-refractivity contribution in [2.45, 2.75) is 52.2 Å². The number of rotatable bonds is 7. The highest BCUT2D eigenvalue weighted by molar-refractivity contribution is 5.87. The van der Waals surface area contributed by atoms with E-state index in [0.29, 0.717) is 19.1 Å². The molecule has 0 bridgehead atoms. The number of aromatic nitrogens is 2. The number of benzene rings is 2. The van der Waals surface area contributed by atoms with Crippen LogP contribution in [0.15, 0.2) is 36.4 Å². The largest absolute Gasteiger partial charge is 0.380 e. The van der Waals surface area contributed by atoms with E-state index in [2.05, 4.69) is 55.9 Å². The molecule has 0 aliphatic carbocycles. The summed E-state index contributed by atoms with van der Waals surface area (Å²) in [5.74, 6) is 0.137. The Labute approximate surface area is 182 Å². The molecular weight excluding hydrogens is 391 g/mol. The van der Waals surface area contributed by atoms with Crippen LogP contribution >= 0.6 is 0 Å². The Morgan fingerprint density at radius 2 is 1.48 bits per heavy atom. The van der Waals surface area contributed by atoms with Gasteiger partial charge >= 0.3 is 0 Å². The minimum atomic E-state index is -0.336. The van der Waals surface area contributed by atoms with Crippen molar-refractivity contribution in [1.82, 2.24) is 9.97 Å². The van der Waals surface area contributed by atoms with Crippen LogP contribution in [-0.2, 0) is 28.1 Å². The molecule has 0 saturated carbocycles. The second kappa shape index (κ2) is 8.13. The molecule has 2 N–H and O–H groups in total. The average Bonchev–Trinajstić information content (AvgIpc) is 3.27. The molecule has 4 rings (SSSR count).